The maximum Gasteiger partial charge on any atom is 0.271 e. The fourth-order valence-corrected chi connectivity index (χ4v) is 5.17. The Hall–Kier alpha value is -4.24. The van der Waals surface area contributed by atoms with Gasteiger partial charge in [-0.3, -0.25) is 9.78 Å². The van der Waals surface area contributed by atoms with Crippen LogP contribution >= 0.6 is 0 Å². The molecular weight excluding hydrogens is 466 g/mol. The third-order valence-corrected chi connectivity index (χ3v) is 7.43. The van der Waals surface area contributed by atoms with Crippen molar-refractivity contribution in [2.75, 3.05) is 13.2 Å². The normalized spacial score (nSPS) is 18.3. The molecule has 9 heteroatoms. The number of hydrogen-bond acceptors (Lipinski definition) is 7. The van der Waals surface area contributed by atoms with Crippen molar-refractivity contribution >= 4 is 22.6 Å². The van der Waals surface area contributed by atoms with Gasteiger partial charge in [-0.1, -0.05) is 24.3 Å². The van der Waals surface area contributed by atoms with Gasteiger partial charge in [-0.2, -0.15) is 9.61 Å². The van der Waals surface area contributed by atoms with Gasteiger partial charge < -0.3 is 10.1 Å². The van der Waals surface area contributed by atoms with E-state index in [1.807, 2.05) is 36.5 Å². The Balaban J connectivity index is 1.17. The Morgan fingerprint density at radius 1 is 1.08 bits per heavy atom. The standard InChI is InChI=1S/C28H25N7O2/c36-25(30-16-22-4-2-14-37-22)19-7-5-18(6-8-19)24-17-31-27-33-32-26(35(27)34-24)28(11-12-28)21-9-10-23-20(15-21)3-1-13-29-23/h1,3,5-10,13,15,17,22H,2,4,11-12,14,16H2,(H,30,36)/t22-/m0/s1. The van der Waals surface area contributed by atoms with Crippen LogP contribution < -0.4 is 5.32 Å². The van der Waals surface area contributed by atoms with Gasteiger partial charge in [-0.25, -0.2) is 4.98 Å². The summed E-state index contributed by atoms with van der Waals surface area (Å²) in [6, 6.07) is 17.8. The summed E-state index contributed by atoms with van der Waals surface area (Å²) in [4.78, 5) is 21.5. The van der Waals surface area contributed by atoms with Crippen molar-refractivity contribution in [2.24, 2.45) is 0 Å². The molecule has 0 bridgehead atoms. The van der Waals surface area contributed by atoms with E-state index in [1.165, 1.54) is 5.56 Å². The van der Waals surface area contributed by atoms with Crippen LogP contribution in [0.1, 0.15) is 47.4 Å². The van der Waals surface area contributed by atoms with E-state index in [0.717, 1.165) is 54.6 Å². The van der Waals surface area contributed by atoms with Gasteiger partial charge in [-0.15, -0.1) is 10.2 Å². The molecule has 0 spiro atoms. The molecule has 5 aromatic rings. The average Bonchev–Trinajstić information content (AvgIpc) is 3.37. The second-order valence-corrected chi connectivity index (χ2v) is 9.79. The van der Waals surface area contributed by atoms with Gasteiger partial charge in [0.2, 0.25) is 0 Å². The van der Waals surface area contributed by atoms with Crippen LogP contribution in [0.4, 0.5) is 0 Å². The molecule has 0 unspecified atom stereocenters. The monoisotopic (exact) mass is 491 g/mol. The van der Waals surface area contributed by atoms with E-state index in [1.54, 1.807) is 10.7 Å². The number of rotatable bonds is 6. The van der Waals surface area contributed by atoms with Gasteiger partial charge in [0.1, 0.15) is 5.69 Å². The Bertz CT molecular complexity index is 1620. The Morgan fingerprint density at radius 2 is 1.97 bits per heavy atom. The first-order valence-electron chi connectivity index (χ1n) is 12.6. The second kappa shape index (κ2) is 8.70. The quantitative estimate of drug-likeness (QED) is 0.386. The van der Waals surface area contributed by atoms with Crippen molar-refractivity contribution in [2.45, 2.75) is 37.2 Å². The molecule has 2 aromatic carbocycles. The van der Waals surface area contributed by atoms with Crippen LogP contribution in [-0.4, -0.2) is 54.9 Å². The first-order chi connectivity index (χ1) is 18.2. The maximum absolute atomic E-state index is 12.5. The van der Waals surface area contributed by atoms with Crippen molar-refractivity contribution in [3.05, 3.63) is 83.9 Å². The molecule has 2 aliphatic rings. The molecule has 0 radical (unpaired) electrons. The van der Waals surface area contributed by atoms with E-state index in [2.05, 4.69) is 49.7 Å². The molecule has 1 saturated heterocycles. The number of ether oxygens (including phenoxy) is 1. The average molecular weight is 492 g/mol. The fraction of sp³-hybridized carbons (Fsp3) is 0.286. The van der Waals surface area contributed by atoms with Crippen LogP contribution in [-0.2, 0) is 10.2 Å². The van der Waals surface area contributed by atoms with Crippen molar-refractivity contribution in [3.8, 4) is 11.3 Å². The lowest BCUT2D eigenvalue weighted by Gasteiger charge is -2.14. The molecule has 4 heterocycles. The van der Waals surface area contributed by atoms with E-state index in [-0.39, 0.29) is 17.4 Å². The molecule has 2 fully saturated rings. The van der Waals surface area contributed by atoms with Gasteiger partial charge in [0, 0.05) is 35.9 Å². The molecule has 9 nitrogen and oxygen atoms in total. The van der Waals surface area contributed by atoms with Crippen LogP contribution in [0.15, 0.2) is 67.0 Å². The number of fused-ring (bicyclic) bond motifs is 2. The molecule has 1 atom stereocenters. The SMILES string of the molecule is O=C(NC[C@@H]1CCCO1)c1ccc(-c2cnc3nnc(C4(c5ccc6ncccc6c5)CC4)n3n2)cc1. The zero-order valence-corrected chi connectivity index (χ0v) is 20.2. The number of nitrogens with zero attached hydrogens (tertiary/aromatic N) is 6. The van der Waals surface area contributed by atoms with Gasteiger partial charge in [-0.05, 0) is 61.6 Å². The molecular formula is C28H25N7O2. The lowest BCUT2D eigenvalue weighted by molar-refractivity contribution is 0.0858. The van der Waals surface area contributed by atoms with Crippen LogP contribution in [0.5, 0.6) is 0 Å². The molecule has 37 heavy (non-hydrogen) atoms. The van der Waals surface area contributed by atoms with Crippen LogP contribution in [0, 0.1) is 0 Å². The van der Waals surface area contributed by atoms with E-state index < -0.39 is 0 Å². The highest BCUT2D eigenvalue weighted by atomic mass is 16.5. The lowest BCUT2D eigenvalue weighted by atomic mass is 9.94. The predicted molar refractivity (Wildman–Crippen MR) is 137 cm³/mol. The highest BCUT2D eigenvalue weighted by Crippen LogP contribution is 2.53. The smallest absolute Gasteiger partial charge is 0.271 e. The van der Waals surface area contributed by atoms with Crippen molar-refractivity contribution in [1.29, 1.82) is 0 Å². The summed E-state index contributed by atoms with van der Waals surface area (Å²) < 4.78 is 7.35. The van der Waals surface area contributed by atoms with Gasteiger partial charge in [0.05, 0.1) is 23.2 Å². The number of benzene rings is 2. The minimum Gasteiger partial charge on any atom is -0.376 e. The topological polar surface area (TPSA) is 107 Å². The van der Waals surface area contributed by atoms with Crippen LogP contribution in [0.2, 0.25) is 0 Å². The lowest BCUT2D eigenvalue weighted by Crippen LogP contribution is -2.31. The molecule has 1 aliphatic carbocycles. The first-order valence-corrected chi connectivity index (χ1v) is 12.6. The highest BCUT2D eigenvalue weighted by Gasteiger charge is 2.50. The summed E-state index contributed by atoms with van der Waals surface area (Å²) >= 11 is 0. The van der Waals surface area contributed by atoms with E-state index in [0.29, 0.717) is 23.6 Å². The van der Waals surface area contributed by atoms with Crippen molar-refractivity contribution in [1.82, 2.24) is 35.1 Å². The van der Waals surface area contributed by atoms with Gasteiger partial charge in [0.25, 0.3) is 11.7 Å². The summed E-state index contributed by atoms with van der Waals surface area (Å²) in [5, 5.41) is 17.7. The molecule has 1 N–H and O–H groups in total. The number of amides is 1. The Kier molecular flexibility index (Phi) is 5.17. The molecule has 1 saturated carbocycles. The number of pyridine rings is 1. The fourth-order valence-electron chi connectivity index (χ4n) is 5.17. The molecule has 3 aromatic heterocycles. The van der Waals surface area contributed by atoms with Crippen molar-refractivity contribution in [3.63, 3.8) is 0 Å². The first kappa shape index (κ1) is 22.0. The summed E-state index contributed by atoms with van der Waals surface area (Å²) in [6.07, 6.45) is 7.61. The number of carbonyl (C=O) groups excluding carboxylic acids is 1. The Labute approximate surface area is 212 Å². The maximum atomic E-state index is 12.5. The minimum absolute atomic E-state index is 0.106. The van der Waals surface area contributed by atoms with Crippen LogP contribution in [0.3, 0.4) is 0 Å². The molecule has 184 valence electrons. The molecule has 1 amide bonds. The second-order valence-electron chi connectivity index (χ2n) is 9.79. The number of nitrogens with one attached hydrogen (secondary N) is 1. The zero-order valence-electron chi connectivity index (χ0n) is 20.2. The van der Waals surface area contributed by atoms with Gasteiger partial charge >= 0.3 is 0 Å². The number of carbonyl (C=O) groups is 1. The summed E-state index contributed by atoms with van der Waals surface area (Å²) in [6.45, 7) is 1.31. The zero-order chi connectivity index (χ0) is 24.8. The summed E-state index contributed by atoms with van der Waals surface area (Å²) in [5.41, 5.74) is 4.09. The predicted octanol–water partition coefficient (Wildman–Crippen LogP) is 3.72. The summed E-state index contributed by atoms with van der Waals surface area (Å²) in [7, 11) is 0. The number of hydrogen-bond donors (Lipinski definition) is 1. The van der Waals surface area contributed by atoms with Crippen LogP contribution in [0.25, 0.3) is 27.9 Å². The Morgan fingerprint density at radius 3 is 2.78 bits per heavy atom. The van der Waals surface area contributed by atoms with E-state index in [9.17, 15) is 4.79 Å². The third-order valence-electron chi connectivity index (χ3n) is 7.43. The number of aromatic nitrogens is 6. The van der Waals surface area contributed by atoms with E-state index >= 15 is 0 Å². The highest BCUT2D eigenvalue weighted by molar-refractivity contribution is 5.94. The molecule has 7 rings (SSSR count). The van der Waals surface area contributed by atoms with Gasteiger partial charge in [0.15, 0.2) is 5.82 Å². The summed E-state index contributed by atoms with van der Waals surface area (Å²) in [5.74, 6) is 1.16. The third kappa shape index (κ3) is 3.92. The molecule has 1 aliphatic heterocycles. The largest absolute Gasteiger partial charge is 0.376 e. The minimum atomic E-state index is -0.234. The van der Waals surface area contributed by atoms with E-state index in [4.69, 9.17) is 9.84 Å². The van der Waals surface area contributed by atoms with Crippen molar-refractivity contribution < 1.29 is 9.53 Å².